The van der Waals surface area contributed by atoms with E-state index in [2.05, 4.69) is 0 Å². The molecule has 18 nitrogen and oxygen atoms in total. The fraction of sp³-hybridized carbons (Fsp3) is 0.232. The summed E-state index contributed by atoms with van der Waals surface area (Å²) >= 11 is 0. The first kappa shape index (κ1) is 51.8. The Bertz CT molecular complexity index is 2850. The molecular weight excluding hydrogens is 961 g/mol. The van der Waals surface area contributed by atoms with E-state index in [1.165, 1.54) is 72.8 Å². The summed E-state index contributed by atoms with van der Waals surface area (Å²) in [4.78, 5) is 97.0. The van der Waals surface area contributed by atoms with Crippen LogP contribution in [-0.4, -0.2) is 122 Å². The highest BCUT2D eigenvalue weighted by molar-refractivity contribution is 5.92. The third-order valence-electron chi connectivity index (χ3n) is 11.6. The van der Waals surface area contributed by atoms with E-state index in [1.54, 1.807) is 109 Å². The SMILES string of the molecule is CC(=O)O[C@H]1O[C@H](COC(=O)c2ccccc2)[C@@H](O[C@@H]2O[C@H](CO)[C@H](OC(=O)c3ccccc3)[C@H](OC(=O)c3ccccc3)[C@H]2OC(=O)c2ccccc2)[C@H](OC(=O)c2ccccc2)[C@@H]1OC(=O)c1ccccc1. The topological polar surface area (TPSA) is 232 Å². The van der Waals surface area contributed by atoms with Crippen molar-refractivity contribution in [3.63, 3.8) is 0 Å². The van der Waals surface area contributed by atoms with Gasteiger partial charge in [0.1, 0.15) is 24.9 Å². The van der Waals surface area contributed by atoms with E-state index in [9.17, 15) is 38.7 Å². The van der Waals surface area contributed by atoms with Crippen LogP contribution in [0.2, 0.25) is 0 Å². The Balaban J connectivity index is 1.27. The summed E-state index contributed by atoms with van der Waals surface area (Å²) in [5.74, 6) is -6.75. The minimum absolute atomic E-state index is 0.0000205. The van der Waals surface area contributed by atoms with Crippen LogP contribution in [0.25, 0.3) is 0 Å². The van der Waals surface area contributed by atoms with Crippen molar-refractivity contribution in [2.75, 3.05) is 13.2 Å². The summed E-state index contributed by atoms with van der Waals surface area (Å²) in [6.45, 7) is -0.641. The summed E-state index contributed by atoms with van der Waals surface area (Å²) < 4.78 is 61.4. The molecule has 0 unspecified atom stereocenters. The highest BCUT2D eigenvalue weighted by Crippen LogP contribution is 2.37. The van der Waals surface area contributed by atoms with Crippen LogP contribution in [0, 0.1) is 0 Å². The Labute approximate surface area is 423 Å². The Morgan fingerprint density at radius 2 is 0.662 bits per heavy atom. The van der Waals surface area contributed by atoms with Gasteiger partial charge in [-0.25, -0.2) is 28.8 Å². The van der Waals surface area contributed by atoms with Gasteiger partial charge in [-0.3, -0.25) is 4.79 Å². The second-order valence-corrected chi connectivity index (χ2v) is 16.6. The largest absolute Gasteiger partial charge is 0.459 e. The van der Waals surface area contributed by atoms with Crippen molar-refractivity contribution in [2.45, 2.75) is 68.3 Å². The number of esters is 7. The molecule has 2 saturated heterocycles. The molecular formula is C56H48O18. The van der Waals surface area contributed by atoms with Gasteiger partial charge in [0.25, 0.3) is 0 Å². The fourth-order valence-electron chi connectivity index (χ4n) is 8.03. The van der Waals surface area contributed by atoms with E-state index in [0.717, 1.165) is 6.92 Å². The molecule has 0 aliphatic carbocycles. The molecule has 1 N–H and O–H groups in total. The summed E-state index contributed by atoms with van der Waals surface area (Å²) in [7, 11) is 0. The number of benzene rings is 6. The maximum atomic E-state index is 14.3. The number of aliphatic hydroxyl groups is 1. The third-order valence-corrected chi connectivity index (χ3v) is 11.6. The molecule has 18 heteroatoms. The van der Waals surface area contributed by atoms with Crippen molar-refractivity contribution in [2.24, 2.45) is 0 Å². The summed E-state index contributed by atoms with van der Waals surface area (Å²) in [6, 6.07) is 46.2. The van der Waals surface area contributed by atoms with Crippen LogP contribution in [-0.2, 0) is 52.2 Å². The molecule has 2 fully saturated rings. The van der Waals surface area contributed by atoms with E-state index in [1.807, 2.05) is 0 Å². The lowest BCUT2D eigenvalue weighted by molar-refractivity contribution is -0.352. The van der Waals surface area contributed by atoms with Gasteiger partial charge in [-0.15, -0.1) is 0 Å². The second kappa shape index (κ2) is 24.7. The zero-order chi connectivity index (χ0) is 52.0. The summed E-state index contributed by atoms with van der Waals surface area (Å²) in [5.41, 5.74) is 0.218. The Morgan fingerprint density at radius 1 is 0.365 bits per heavy atom. The van der Waals surface area contributed by atoms with Crippen LogP contribution in [0.3, 0.4) is 0 Å². The number of aliphatic hydroxyl groups excluding tert-OH is 1. The van der Waals surface area contributed by atoms with Gasteiger partial charge in [0, 0.05) is 6.92 Å². The van der Waals surface area contributed by atoms with E-state index >= 15 is 0 Å². The van der Waals surface area contributed by atoms with Crippen molar-refractivity contribution in [1.29, 1.82) is 0 Å². The van der Waals surface area contributed by atoms with Crippen LogP contribution in [0.1, 0.15) is 69.1 Å². The van der Waals surface area contributed by atoms with Crippen molar-refractivity contribution in [3.05, 3.63) is 215 Å². The quantitative estimate of drug-likeness (QED) is 0.0773. The average Bonchev–Trinajstić information content (AvgIpc) is 3.44. The van der Waals surface area contributed by atoms with E-state index in [4.69, 9.17) is 47.4 Å². The number of ether oxygens (including phenoxy) is 10. The monoisotopic (exact) mass is 1010 g/mol. The van der Waals surface area contributed by atoms with Gasteiger partial charge >= 0.3 is 41.8 Å². The molecule has 0 spiro atoms. The van der Waals surface area contributed by atoms with E-state index < -0.39 is 116 Å². The van der Waals surface area contributed by atoms with Gasteiger partial charge in [0.15, 0.2) is 30.7 Å². The van der Waals surface area contributed by atoms with Crippen LogP contribution in [0.15, 0.2) is 182 Å². The summed E-state index contributed by atoms with van der Waals surface area (Å²) in [6.07, 6.45) is -18.4. The number of rotatable bonds is 17. The smallest absolute Gasteiger partial charge is 0.338 e. The van der Waals surface area contributed by atoms with Crippen molar-refractivity contribution >= 4 is 41.8 Å². The first-order valence-electron chi connectivity index (χ1n) is 23.2. The Morgan fingerprint density at radius 3 is 1.01 bits per heavy atom. The first-order valence-corrected chi connectivity index (χ1v) is 23.2. The molecule has 2 heterocycles. The third kappa shape index (κ3) is 12.9. The van der Waals surface area contributed by atoms with Gasteiger partial charge in [0.2, 0.25) is 12.4 Å². The number of hydrogen-bond donors (Lipinski definition) is 1. The second-order valence-electron chi connectivity index (χ2n) is 16.6. The van der Waals surface area contributed by atoms with E-state index in [-0.39, 0.29) is 33.4 Å². The van der Waals surface area contributed by atoms with Gasteiger partial charge in [-0.05, 0) is 72.8 Å². The maximum Gasteiger partial charge on any atom is 0.338 e. The van der Waals surface area contributed by atoms with Crippen molar-refractivity contribution < 1.29 is 86.0 Å². The molecule has 6 aromatic rings. The summed E-state index contributed by atoms with van der Waals surface area (Å²) in [5, 5.41) is 11.1. The zero-order valence-corrected chi connectivity index (χ0v) is 39.4. The lowest BCUT2D eigenvalue weighted by atomic mass is 9.95. The Kier molecular flexibility index (Phi) is 17.3. The van der Waals surface area contributed by atoms with Gasteiger partial charge in [-0.2, -0.15) is 0 Å². The van der Waals surface area contributed by atoms with E-state index in [0.29, 0.717) is 0 Å². The molecule has 0 bridgehead atoms. The number of carbonyl (C=O) groups is 7. The molecule has 6 aromatic carbocycles. The predicted molar refractivity (Wildman–Crippen MR) is 256 cm³/mol. The van der Waals surface area contributed by atoms with Crippen molar-refractivity contribution in [3.8, 4) is 0 Å². The average molecular weight is 1010 g/mol. The fourth-order valence-corrected chi connectivity index (χ4v) is 8.03. The van der Waals surface area contributed by atoms with Gasteiger partial charge in [-0.1, -0.05) is 109 Å². The van der Waals surface area contributed by atoms with Crippen LogP contribution in [0.4, 0.5) is 0 Å². The molecule has 0 aromatic heterocycles. The zero-order valence-electron chi connectivity index (χ0n) is 39.4. The molecule has 0 saturated carbocycles. The molecule has 0 amide bonds. The molecule has 8 rings (SSSR count). The standard InChI is InChI=1S/C56H48O18/c1-34(58)66-55-47(72-53(63)39-28-16-6-17-29-39)46(71-52(62)38-26-14-5-15-27-38)44(42(68-55)33-65-49(59)35-20-8-2-9-21-35)74-56-48(73-54(64)40-30-18-7-19-31-40)45(70-51(61)37-24-12-4-13-25-37)43(41(32-57)67-56)69-50(60)36-22-10-3-11-23-36/h2-31,41-48,55-57H,32-33H2,1H3/t41-,42-,43+,44-,45+,46+,47+,48-,55+,56+/m1/s1. The molecule has 0 radical (unpaired) electrons. The number of carbonyl (C=O) groups excluding carboxylic acids is 7. The highest BCUT2D eigenvalue weighted by atomic mass is 16.8. The lowest BCUT2D eigenvalue weighted by Gasteiger charge is -2.48. The van der Waals surface area contributed by atoms with Crippen LogP contribution < -0.4 is 0 Å². The van der Waals surface area contributed by atoms with Gasteiger partial charge < -0.3 is 52.5 Å². The van der Waals surface area contributed by atoms with Gasteiger partial charge in [0.05, 0.1) is 40.0 Å². The molecule has 74 heavy (non-hydrogen) atoms. The molecule has 2 aliphatic rings. The highest BCUT2D eigenvalue weighted by Gasteiger charge is 2.58. The minimum Gasteiger partial charge on any atom is -0.459 e. The van der Waals surface area contributed by atoms with Crippen molar-refractivity contribution in [1.82, 2.24) is 0 Å². The maximum absolute atomic E-state index is 14.3. The molecule has 10 atom stereocenters. The van der Waals surface area contributed by atoms with Crippen LogP contribution >= 0.6 is 0 Å². The molecule has 380 valence electrons. The normalized spacial score (nSPS) is 23.2. The molecule has 2 aliphatic heterocycles. The minimum atomic E-state index is -2.03. The Hall–Kier alpha value is -8.55. The lowest BCUT2D eigenvalue weighted by Crippen LogP contribution is -2.67. The first-order chi connectivity index (χ1) is 36.0. The number of hydrogen-bond acceptors (Lipinski definition) is 18. The van der Waals surface area contributed by atoms with Crippen LogP contribution in [0.5, 0.6) is 0 Å². The predicted octanol–water partition coefficient (Wildman–Crippen LogP) is 6.36.